The van der Waals surface area contributed by atoms with E-state index in [1.54, 1.807) is 12.1 Å². The van der Waals surface area contributed by atoms with E-state index in [2.05, 4.69) is 21.2 Å². The molecule has 0 fully saturated rings. The van der Waals surface area contributed by atoms with Gasteiger partial charge in [0.1, 0.15) is 17.1 Å². The quantitative estimate of drug-likeness (QED) is 0.713. The van der Waals surface area contributed by atoms with E-state index in [-0.39, 0.29) is 24.2 Å². The highest BCUT2D eigenvalue weighted by molar-refractivity contribution is 9.10. The molecule has 1 unspecified atom stereocenters. The van der Waals surface area contributed by atoms with Crippen LogP contribution < -0.4 is 14.8 Å². The van der Waals surface area contributed by atoms with Gasteiger partial charge in [-0.15, -0.1) is 0 Å². The number of amides is 1. The molecule has 3 rings (SSSR count). The number of carbonyl (C=O) groups excluding carboxylic acids is 1. The minimum atomic E-state index is -0.353. The van der Waals surface area contributed by atoms with Gasteiger partial charge in [0.05, 0.1) is 11.1 Å². The summed E-state index contributed by atoms with van der Waals surface area (Å²) in [5.41, 5.74) is 1.76. The summed E-state index contributed by atoms with van der Waals surface area (Å²) < 4.78 is 12.5. The third-order valence-corrected chi connectivity index (χ3v) is 5.00. The summed E-state index contributed by atoms with van der Waals surface area (Å²) in [4.78, 5) is 12.4. The van der Waals surface area contributed by atoms with Crippen molar-refractivity contribution in [2.45, 2.75) is 38.8 Å². The highest BCUT2D eigenvalue weighted by Crippen LogP contribution is 2.39. The van der Waals surface area contributed by atoms with Crippen LogP contribution in [0.15, 0.2) is 40.9 Å². The van der Waals surface area contributed by atoms with E-state index >= 15 is 0 Å². The van der Waals surface area contributed by atoms with Crippen molar-refractivity contribution in [2.24, 2.45) is 0 Å². The Morgan fingerprint density at radius 1 is 1.35 bits per heavy atom. The summed E-state index contributed by atoms with van der Waals surface area (Å²) in [6.07, 6.45) is 0.688. The van der Waals surface area contributed by atoms with Crippen LogP contribution in [0.1, 0.15) is 37.4 Å². The van der Waals surface area contributed by atoms with Crippen molar-refractivity contribution in [3.05, 3.63) is 57.0 Å². The highest BCUT2D eigenvalue weighted by atomic mass is 79.9. The average Bonchev–Trinajstić information content (AvgIpc) is 2.52. The van der Waals surface area contributed by atoms with Crippen LogP contribution in [0.4, 0.5) is 0 Å². The van der Waals surface area contributed by atoms with Crippen LogP contribution in [0.3, 0.4) is 0 Å². The summed E-state index contributed by atoms with van der Waals surface area (Å²) in [6, 6.07) is 11.2. The summed E-state index contributed by atoms with van der Waals surface area (Å²) in [5, 5.41) is 3.51. The molecule has 6 heteroatoms. The molecule has 0 aliphatic carbocycles. The zero-order valence-electron chi connectivity index (χ0n) is 14.9. The van der Waals surface area contributed by atoms with Gasteiger partial charge in [0.15, 0.2) is 6.61 Å². The first kappa shape index (κ1) is 19.1. The number of hydrogen-bond acceptors (Lipinski definition) is 3. The fourth-order valence-electron chi connectivity index (χ4n) is 3.06. The topological polar surface area (TPSA) is 47.6 Å². The van der Waals surface area contributed by atoms with E-state index in [9.17, 15) is 4.79 Å². The second-order valence-electron chi connectivity index (χ2n) is 7.09. The van der Waals surface area contributed by atoms with Gasteiger partial charge < -0.3 is 14.8 Å². The maximum absolute atomic E-state index is 12.4. The van der Waals surface area contributed by atoms with Crippen molar-refractivity contribution >= 4 is 33.4 Å². The van der Waals surface area contributed by atoms with Gasteiger partial charge in [-0.3, -0.25) is 4.79 Å². The SMILES string of the molecule is Cc1ccc2c(c1)OC(C)(C)CC2NC(=O)COc1ccc(Br)cc1Cl. The lowest BCUT2D eigenvalue weighted by molar-refractivity contribution is -0.124. The lowest BCUT2D eigenvalue weighted by Gasteiger charge is -2.38. The molecule has 1 N–H and O–H groups in total. The van der Waals surface area contributed by atoms with Gasteiger partial charge in [0, 0.05) is 16.5 Å². The van der Waals surface area contributed by atoms with Crippen LogP contribution in [-0.2, 0) is 4.79 Å². The first-order valence-electron chi connectivity index (χ1n) is 8.40. The molecule has 0 saturated heterocycles. The van der Waals surface area contributed by atoms with Crippen LogP contribution >= 0.6 is 27.5 Å². The number of rotatable bonds is 4. The Morgan fingerprint density at radius 3 is 2.85 bits per heavy atom. The Kier molecular flexibility index (Phi) is 5.49. The van der Waals surface area contributed by atoms with Crippen LogP contribution in [0.5, 0.6) is 11.5 Å². The molecular weight excluding hydrogens is 418 g/mol. The van der Waals surface area contributed by atoms with Gasteiger partial charge in [0.25, 0.3) is 5.91 Å². The number of fused-ring (bicyclic) bond motifs is 1. The zero-order valence-corrected chi connectivity index (χ0v) is 17.3. The Balaban J connectivity index is 1.69. The smallest absolute Gasteiger partial charge is 0.258 e. The first-order valence-corrected chi connectivity index (χ1v) is 9.57. The molecule has 2 aromatic carbocycles. The maximum Gasteiger partial charge on any atom is 0.258 e. The molecule has 1 aliphatic rings. The molecule has 0 bridgehead atoms. The van der Waals surface area contributed by atoms with E-state index in [1.807, 2.05) is 45.0 Å². The molecule has 26 heavy (non-hydrogen) atoms. The fourth-order valence-corrected chi connectivity index (χ4v) is 3.79. The number of halogens is 2. The average molecular weight is 439 g/mol. The largest absolute Gasteiger partial charge is 0.487 e. The summed E-state index contributed by atoms with van der Waals surface area (Å²) in [7, 11) is 0. The number of carbonyl (C=O) groups is 1. The monoisotopic (exact) mass is 437 g/mol. The normalized spacial score (nSPS) is 17.8. The molecule has 0 radical (unpaired) electrons. The molecular formula is C20H21BrClNO3. The van der Waals surface area contributed by atoms with E-state index in [1.165, 1.54) is 0 Å². The number of ether oxygens (including phenoxy) is 2. The van der Waals surface area contributed by atoms with Gasteiger partial charge >= 0.3 is 0 Å². The van der Waals surface area contributed by atoms with Crippen molar-refractivity contribution < 1.29 is 14.3 Å². The van der Waals surface area contributed by atoms with Crippen LogP contribution in [0.25, 0.3) is 0 Å². The van der Waals surface area contributed by atoms with Crippen LogP contribution in [0, 0.1) is 6.92 Å². The van der Waals surface area contributed by atoms with Gasteiger partial charge in [0.2, 0.25) is 0 Å². The second-order valence-corrected chi connectivity index (χ2v) is 8.41. The molecule has 1 atom stereocenters. The van der Waals surface area contributed by atoms with Gasteiger partial charge in [-0.25, -0.2) is 0 Å². The van der Waals surface area contributed by atoms with Crippen molar-refractivity contribution in [3.63, 3.8) is 0 Å². The molecule has 1 amide bonds. The lowest BCUT2D eigenvalue weighted by atomic mass is 9.89. The van der Waals surface area contributed by atoms with E-state index in [0.717, 1.165) is 21.3 Å². The summed E-state index contributed by atoms with van der Waals surface area (Å²) in [6.45, 7) is 5.97. The van der Waals surface area contributed by atoms with E-state index in [0.29, 0.717) is 17.2 Å². The minimum Gasteiger partial charge on any atom is -0.487 e. The third kappa shape index (κ3) is 4.51. The van der Waals surface area contributed by atoms with Crippen molar-refractivity contribution in [1.29, 1.82) is 0 Å². The molecule has 138 valence electrons. The highest BCUT2D eigenvalue weighted by Gasteiger charge is 2.34. The second kappa shape index (κ2) is 7.49. The van der Waals surface area contributed by atoms with Gasteiger partial charge in [-0.05, 0) is 50.6 Å². The summed E-state index contributed by atoms with van der Waals surface area (Å²) >= 11 is 9.46. The Hall–Kier alpha value is -1.72. The zero-order chi connectivity index (χ0) is 18.9. The van der Waals surface area contributed by atoms with Crippen molar-refractivity contribution in [3.8, 4) is 11.5 Å². The third-order valence-electron chi connectivity index (χ3n) is 4.21. The first-order chi connectivity index (χ1) is 12.2. The van der Waals surface area contributed by atoms with Crippen molar-refractivity contribution in [2.75, 3.05) is 6.61 Å². The fraction of sp³-hybridized carbons (Fsp3) is 0.350. The van der Waals surface area contributed by atoms with Crippen LogP contribution in [-0.4, -0.2) is 18.1 Å². The molecule has 0 spiro atoms. The number of aryl methyl sites for hydroxylation is 1. The standard InChI is InChI=1S/C20H21BrClNO3/c1-12-4-6-14-16(10-20(2,3)26-18(14)8-12)23-19(24)11-25-17-7-5-13(21)9-15(17)22/h4-9,16H,10-11H2,1-3H3,(H,23,24). The molecule has 1 heterocycles. The Bertz CT molecular complexity index is 838. The predicted octanol–water partition coefficient (Wildman–Crippen LogP) is 5.21. The maximum atomic E-state index is 12.4. The minimum absolute atomic E-state index is 0.0969. The van der Waals surface area contributed by atoms with E-state index in [4.69, 9.17) is 21.1 Å². The summed E-state index contributed by atoms with van der Waals surface area (Å²) in [5.74, 6) is 1.11. The van der Waals surface area contributed by atoms with Crippen molar-refractivity contribution in [1.82, 2.24) is 5.32 Å². The number of benzene rings is 2. The van der Waals surface area contributed by atoms with Crippen LogP contribution in [0.2, 0.25) is 5.02 Å². The molecule has 4 nitrogen and oxygen atoms in total. The Morgan fingerprint density at radius 2 is 2.12 bits per heavy atom. The predicted molar refractivity (Wildman–Crippen MR) is 106 cm³/mol. The molecule has 1 aliphatic heterocycles. The number of hydrogen-bond donors (Lipinski definition) is 1. The van der Waals surface area contributed by atoms with E-state index < -0.39 is 0 Å². The Labute approximate surface area is 167 Å². The molecule has 2 aromatic rings. The van der Waals surface area contributed by atoms with Gasteiger partial charge in [-0.1, -0.05) is 39.7 Å². The molecule has 0 saturated carbocycles. The molecule has 0 aromatic heterocycles. The lowest BCUT2D eigenvalue weighted by Crippen LogP contribution is -2.42. The number of nitrogens with one attached hydrogen (secondary N) is 1. The van der Waals surface area contributed by atoms with Gasteiger partial charge in [-0.2, -0.15) is 0 Å².